The van der Waals surface area contributed by atoms with Gasteiger partial charge in [-0.3, -0.25) is 29.0 Å². The number of nitrogens with zero attached hydrogens (tertiary/aromatic N) is 3. The summed E-state index contributed by atoms with van der Waals surface area (Å²) in [5, 5.41) is 2.43. The molecule has 1 atom stereocenters. The average molecular weight is 470 g/mol. The fraction of sp³-hybridized carbons (Fsp3) is 0.458. The Balaban J connectivity index is 1.36. The van der Waals surface area contributed by atoms with Crippen LogP contribution < -0.4 is 4.90 Å². The lowest BCUT2D eigenvalue weighted by atomic mass is 9.94. The first-order valence-electron chi connectivity index (χ1n) is 11.3. The van der Waals surface area contributed by atoms with Crippen LogP contribution in [0.4, 0.5) is 5.13 Å². The van der Waals surface area contributed by atoms with Gasteiger partial charge in [0.15, 0.2) is 11.2 Å². The van der Waals surface area contributed by atoms with Crippen LogP contribution in [-0.4, -0.2) is 52.3 Å². The van der Waals surface area contributed by atoms with Gasteiger partial charge in [-0.2, -0.15) is 0 Å². The summed E-state index contributed by atoms with van der Waals surface area (Å²) in [7, 11) is 0. The predicted molar refractivity (Wildman–Crippen MR) is 123 cm³/mol. The number of hydrogen-bond acceptors (Lipinski definition) is 7. The molecular formula is C24H27N3O5S. The van der Waals surface area contributed by atoms with Crippen molar-refractivity contribution in [3.63, 3.8) is 0 Å². The van der Waals surface area contributed by atoms with Crippen LogP contribution in [0.2, 0.25) is 0 Å². The highest BCUT2D eigenvalue weighted by molar-refractivity contribution is 7.13. The van der Waals surface area contributed by atoms with Crippen LogP contribution in [0.5, 0.6) is 0 Å². The molecule has 2 aromatic rings. The largest absolute Gasteiger partial charge is 0.452 e. The van der Waals surface area contributed by atoms with Crippen molar-refractivity contribution in [3.8, 4) is 0 Å². The fourth-order valence-electron chi connectivity index (χ4n) is 4.42. The molecule has 0 radical (unpaired) electrons. The predicted octanol–water partition coefficient (Wildman–Crippen LogP) is 3.74. The summed E-state index contributed by atoms with van der Waals surface area (Å²) in [4.78, 5) is 57.9. The van der Waals surface area contributed by atoms with E-state index >= 15 is 0 Å². The maximum absolute atomic E-state index is 13.2. The quantitative estimate of drug-likeness (QED) is 0.453. The lowest BCUT2D eigenvalue weighted by Gasteiger charge is -2.33. The van der Waals surface area contributed by atoms with Crippen molar-refractivity contribution in [2.75, 3.05) is 11.4 Å². The molecule has 3 amide bonds. The Morgan fingerprint density at radius 1 is 1.18 bits per heavy atom. The number of esters is 1. The minimum atomic E-state index is -0.992. The molecule has 174 valence electrons. The lowest BCUT2D eigenvalue weighted by molar-refractivity contribution is -0.154. The molecule has 0 bridgehead atoms. The zero-order valence-electron chi connectivity index (χ0n) is 18.8. The number of amides is 3. The van der Waals surface area contributed by atoms with Gasteiger partial charge in [0.25, 0.3) is 17.7 Å². The summed E-state index contributed by atoms with van der Waals surface area (Å²) < 4.78 is 5.41. The number of hydrogen-bond donors (Lipinski definition) is 0. The second kappa shape index (κ2) is 9.82. The van der Waals surface area contributed by atoms with Crippen molar-refractivity contribution in [1.29, 1.82) is 0 Å². The maximum Gasteiger partial charge on any atom is 0.308 e. The Hall–Kier alpha value is -3.07. The second-order valence-electron chi connectivity index (χ2n) is 8.51. The number of imide groups is 1. The number of carbonyl (C=O) groups excluding carboxylic acids is 4. The van der Waals surface area contributed by atoms with Gasteiger partial charge in [-0.25, -0.2) is 4.98 Å². The van der Waals surface area contributed by atoms with Gasteiger partial charge in [0, 0.05) is 24.2 Å². The van der Waals surface area contributed by atoms with Crippen molar-refractivity contribution >= 4 is 40.2 Å². The highest BCUT2D eigenvalue weighted by atomic mass is 32.1. The van der Waals surface area contributed by atoms with E-state index in [1.807, 2.05) is 12.3 Å². The van der Waals surface area contributed by atoms with E-state index < -0.39 is 23.9 Å². The first kappa shape index (κ1) is 23.1. The molecule has 0 saturated heterocycles. The number of benzene rings is 1. The van der Waals surface area contributed by atoms with E-state index in [0.29, 0.717) is 16.3 Å². The average Bonchev–Trinajstić information content (AvgIpc) is 3.41. The molecule has 1 aliphatic carbocycles. The Bertz CT molecular complexity index is 1060. The molecule has 33 heavy (non-hydrogen) atoms. The highest BCUT2D eigenvalue weighted by Gasteiger charge is 2.36. The van der Waals surface area contributed by atoms with E-state index in [9.17, 15) is 19.2 Å². The minimum Gasteiger partial charge on any atom is -0.452 e. The smallest absolute Gasteiger partial charge is 0.308 e. The molecular weight excluding hydrogens is 442 g/mol. The number of thiazole rings is 1. The third-order valence-corrected chi connectivity index (χ3v) is 6.90. The van der Waals surface area contributed by atoms with Gasteiger partial charge in [-0.05, 0) is 38.8 Å². The molecule has 0 spiro atoms. The SMILES string of the molecule is Cc1ccc2c(c1)C(=O)N(CCC(=O)O[C@H](C)C(=O)N(c1nccs1)C1CCCCC1)C2=O. The minimum absolute atomic E-state index is 0.0420. The normalized spacial score (nSPS) is 17.1. The molecule has 4 rings (SSSR count). The van der Waals surface area contributed by atoms with Crippen LogP contribution in [0.25, 0.3) is 0 Å². The van der Waals surface area contributed by atoms with Crippen molar-refractivity contribution in [1.82, 2.24) is 9.88 Å². The van der Waals surface area contributed by atoms with Gasteiger partial charge in [0.2, 0.25) is 0 Å². The first-order valence-corrected chi connectivity index (χ1v) is 12.1. The Morgan fingerprint density at radius 3 is 2.61 bits per heavy atom. The number of fused-ring (bicyclic) bond motifs is 1. The topological polar surface area (TPSA) is 96.9 Å². The van der Waals surface area contributed by atoms with Crippen molar-refractivity contribution in [3.05, 3.63) is 46.5 Å². The Labute approximate surface area is 196 Å². The summed E-state index contributed by atoms with van der Waals surface area (Å²) in [6.45, 7) is 3.30. The van der Waals surface area contributed by atoms with E-state index in [2.05, 4.69) is 4.98 Å². The van der Waals surface area contributed by atoms with E-state index in [1.165, 1.54) is 11.3 Å². The molecule has 9 heteroatoms. The number of anilines is 1. The third-order valence-electron chi connectivity index (χ3n) is 6.12. The molecule has 1 saturated carbocycles. The lowest BCUT2D eigenvalue weighted by Crippen LogP contribution is -2.47. The van der Waals surface area contributed by atoms with Gasteiger partial charge < -0.3 is 4.74 Å². The Kier molecular flexibility index (Phi) is 6.88. The summed E-state index contributed by atoms with van der Waals surface area (Å²) in [6, 6.07) is 5.12. The number of carbonyl (C=O) groups is 4. The molecule has 8 nitrogen and oxygen atoms in total. The number of ether oxygens (including phenoxy) is 1. The van der Waals surface area contributed by atoms with Crippen molar-refractivity contribution in [2.24, 2.45) is 0 Å². The summed E-state index contributed by atoms with van der Waals surface area (Å²) in [6.07, 6.45) is 5.52. The van der Waals surface area contributed by atoms with Crippen LogP contribution in [0, 0.1) is 6.92 Å². The van der Waals surface area contributed by atoms with Crippen LogP contribution >= 0.6 is 11.3 Å². The van der Waals surface area contributed by atoms with Crippen LogP contribution in [0.1, 0.15) is 71.7 Å². The molecule has 1 fully saturated rings. The molecule has 2 aliphatic rings. The maximum atomic E-state index is 13.2. The van der Waals surface area contributed by atoms with Crippen molar-refractivity contribution in [2.45, 2.75) is 64.5 Å². The molecule has 0 N–H and O–H groups in total. The molecule has 1 aromatic heterocycles. The second-order valence-corrected chi connectivity index (χ2v) is 9.38. The van der Waals surface area contributed by atoms with Gasteiger partial charge >= 0.3 is 5.97 Å². The van der Waals surface area contributed by atoms with Gasteiger partial charge in [0.1, 0.15) is 0 Å². The summed E-state index contributed by atoms with van der Waals surface area (Å²) >= 11 is 1.38. The van der Waals surface area contributed by atoms with Crippen LogP contribution in [0.15, 0.2) is 29.8 Å². The number of aromatic nitrogens is 1. The fourth-order valence-corrected chi connectivity index (χ4v) is 5.14. The zero-order valence-corrected chi connectivity index (χ0v) is 19.6. The number of aryl methyl sites for hydroxylation is 1. The summed E-state index contributed by atoms with van der Waals surface area (Å²) in [5.74, 6) is -1.77. The highest BCUT2D eigenvalue weighted by Crippen LogP contribution is 2.30. The summed E-state index contributed by atoms with van der Waals surface area (Å²) in [5.41, 5.74) is 1.57. The van der Waals surface area contributed by atoms with E-state index in [1.54, 1.807) is 36.2 Å². The molecule has 2 heterocycles. The standard InChI is InChI=1S/C24H27N3O5S/c1-15-8-9-18-19(14-15)23(31)26(22(18)30)12-10-20(28)32-16(2)21(29)27(24-25-11-13-33-24)17-6-4-3-5-7-17/h8-9,11,13-14,16-17H,3-7,10,12H2,1-2H3/t16-/m1/s1. The Morgan fingerprint density at radius 2 is 1.91 bits per heavy atom. The van der Waals surface area contributed by atoms with Gasteiger partial charge in [-0.15, -0.1) is 11.3 Å². The van der Waals surface area contributed by atoms with Crippen molar-refractivity contribution < 1.29 is 23.9 Å². The van der Waals surface area contributed by atoms with E-state index in [-0.39, 0.29) is 24.9 Å². The molecule has 1 aromatic carbocycles. The van der Waals surface area contributed by atoms with Crippen LogP contribution in [0.3, 0.4) is 0 Å². The number of rotatable bonds is 7. The van der Waals surface area contributed by atoms with E-state index in [0.717, 1.165) is 42.6 Å². The monoisotopic (exact) mass is 469 g/mol. The van der Waals surface area contributed by atoms with E-state index in [4.69, 9.17) is 4.74 Å². The van der Waals surface area contributed by atoms with Gasteiger partial charge in [0.05, 0.1) is 17.5 Å². The zero-order chi connectivity index (χ0) is 23.5. The van der Waals surface area contributed by atoms with Gasteiger partial charge in [-0.1, -0.05) is 30.9 Å². The van der Waals surface area contributed by atoms with Crippen LogP contribution in [-0.2, 0) is 14.3 Å². The molecule has 0 unspecified atom stereocenters. The first-order chi connectivity index (χ1) is 15.9. The third kappa shape index (κ3) is 4.83. The molecule has 1 aliphatic heterocycles.